The maximum Gasteiger partial charge on any atom is 0.220 e. The van der Waals surface area contributed by atoms with Crippen molar-refractivity contribution in [3.8, 4) is 5.75 Å². The second-order valence-electron chi connectivity index (χ2n) is 6.46. The van der Waals surface area contributed by atoms with Gasteiger partial charge in [-0.15, -0.1) is 0 Å². The monoisotopic (exact) mass is 305 g/mol. The summed E-state index contributed by atoms with van der Waals surface area (Å²) in [5, 5.41) is 13.3. The zero-order valence-electron chi connectivity index (χ0n) is 13.8. The van der Waals surface area contributed by atoms with Crippen LogP contribution in [-0.4, -0.2) is 17.6 Å². The second kappa shape index (κ2) is 7.63. The first-order valence-electron chi connectivity index (χ1n) is 8.25. The number of hydrogen-bond acceptors (Lipinski definition) is 3. The maximum absolute atomic E-state index is 12.1. The Morgan fingerprint density at radius 1 is 1.45 bits per heavy atom. The average molecular weight is 305 g/mol. The normalized spacial score (nSPS) is 18.5. The van der Waals surface area contributed by atoms with Crippen LogP contribution in [0.25, 0.3) is 0 Å². The molecule has 1 amide bonds. The van der Waals surface area contributed by atoms with Gasteiger partial charge in [0.2, 0.25) is 5.91 Å². The molecule has 0 aromatic heterocycles. The third-order valence-corrected chi connectivity index (χ3v) is 3.95. The lowest BCUT2D eigenvalue weighted by Crippen LogP contribution is -2.32. The zero-order chi connectivity index (χ0) is 16.1. The molecule has 1 aromatic rings. The van der Waals surface area contributed by atoms with E-state index in [1.54, 1.807) is 0 Å². The predicted molar refractivity (Wildman–Crippen MR) is 86.8 cm³/mol. The molecule has 2 atom stereocenters. The predicted octanol–water partition coefficient (Wildman–Crippen LogP) is 3.51. The van der Waals surface area contributed by atoms with Gasteiger partial charge in [0.1, 0.15) is 5.75 Å². The topological polar surface area (TPSA) is 58.6 Å². The Morgan fingerprint density at radius 2 is 2.23 bits per heavy atom. The van der Waals surface area contributed by atoms with Gasteiger partial charge in [-0.2, -0.15) is 0 Å². The lowest BCUT2D eigenvalue weighted by Gasteiger charge is -2.28. The second-order valence-corrected chi connectivity index (χ2v) is 6.46. The minimum absolute atomic E-state index is 0.0243. The zero-order valence-corrected chi connectivity index (χ0v) is 13.8. The number of rotatable bonds is 6. The number of carbonyl (C=O) groups is 1. The SMILES string of the molecule is CCCC(O)c1ccc2c(c1)C(NC(=O)CC(C)C)CCO2. The summed E-state index contributed by atoms with van der Waals surface area (Å²) in [5.41, 5.74) is 1.88. The molecule has 1 aromatic carbocycles. The van der Waals surface area contributed by atoms with E-state index in [9.17, 15) is 9.90 Å². The summed E-state index contributed by atoms with van der Waals surface area (Å²) in [6.07, 6.45) is 2.52. The number of carbonyl (C=O) groups excluding carboxylic acids is 1. The van der Waals surface area contributed by atoms with Gasteiger partial charge in [0.15, 0.2) is 0 Å². The van der Waals surface area contributed by atoms with Gasteiger partial charge in [-0.25, -0.2) is 0 Å². The van der Waals surface area contributed by atoms with Crippen LogP contribution in [0.1, 0.15) is 69.7 Å². The van der Waals surface area contributed by atoms with E-state index >= 15 is 0 Å². The molecule has 4 nitrogen and oxygen atoms in total. The fraction of sp³-hybridized carbons (Fsp3) is 0.611. The average Bonchev–Trinajstić information content (AvgIpc) is 2.46. The Hall–Kier alpha value is -1.55. The van der Waals surface area contributed by atoms with Gasteiger partial charge in [-0.1, -0.05) is 33.3 Å². The van der Waals surface area contributed by atoms with Crippen molar-refractivity contribution in [3.05, 3.63) is 29.3 Å². The number of nitrogens with one attached hydrogen (secondary N) is 1. The molecule has 1 aliphatic rings. The Balaban J connectivity index is 2.17. The van der Waals surface area contributed by atoms with Crippen LogP contribution in [0.3, 0.4) is 0 Å². The van der Waals surface area contributed by atoms with Crippen molar-refractivity contribution in [2.45, 2.75) is 58.6 Å². The first-order valence-corrected chi connectivity index (χ1v) is 8.25. The molecule has 1 aliphatic heterocycles. The number of ether oxygens (including phenoxy) is 1. The van der Waals surface area contributed by atoms with Crippen LogP contribution in [0.5, 0.6) is 5.75 Å². The highest BCUT2D eigenvalue weighted by molar-refractivity contribution is 5.76. The Morgan fingerprint density at radius 3 is 2.91 bits per heavy atom. The number of aliphatic hydroxyl groups is 1. The molecule has 2 unspecified atom stereocenters. The summed E-state index contributed by atoms with van der Waals surface area (Å²) < 4.78 is 5.68. The van der Waals surface area contributed by atoms with Crippen LogP contribution in [-0.2, 0) is 4.79 Å². The quantitative estimate of drug-likeness (QED) is 0.845. The fourth-order valence-electron chi connectivity index (χ4n) is 2.83. The highest BCUT2D eigenvalue weighted by atomic mass is 16.5. The molecule has 0 fully saturated rings. The molecule has 0 saturated carbocycles. The molecular formula is C18H27NO3. The van der Waals surface area contributed by atoms with Crippen molar-refractivity contribution in [2.24, 2.45) is 5.92 Å². The summed E-state index contributed by atoms with van der Waals surface area (Å²) in [6.45, 7) is 6.74. The van der Waals surface area contributed by atoms with E-state index < -0.39 is 6.10 Å². The van der Waals surface area contributed by atoms with Crippen LogP contribution in [0.15, 0.2) is 18.2 Å². The van der Waals surface area contributed by atoms with Crippen molar-refractivity contribution in [3.63, 3.8) is 0 Å². The third kappa shape index (κ3) is 4.23. The molecule has 0 radical (unpaired) electrons. The van der Waals surface area contributed by atoms with Crippen molar-refractivity contribution >= 4 is 5.91 Å². The lowest BCUT2D eigenvalue weighted by molar-refractivity contribution is -0.122. The Kier molecular flexibility index (Phi) is 5.83. The van der Waals surface area contributed by atoms with E-state index in [0.717, 1.165) is 36.1 Å². The van der Waals surface area contributed by atoms with Crippen LogP contribution >= 0.6 is 0 Å². The molecule has 122 valence electrons. The van der Waals surface area contributed by atoms with Gasteiger partial charge < -0.3 is 15.2 Å². The first-order chi connectivity index (χ1) is 10.5. The largest absolute Gasteiger partial charge is 0.493 e. The molecule has 0 aliphatic carbocycles. The number of amides is 1. The van der Waals surface area contributed by atoms with Crippen LogP contribution in [0, 0.1) is 5.92 Å². The highest BCUT2D eigenvalue weighted by Gasteiger charge is 2.24. The van der Waals surface area contributed by atoms with E-state index in [4.69, 9.17) is 4.74 Å². The van der Waals surface area contributed by atoms with Gasteiger partial charge >= 0.3 is 0 Å². The van der Waals surface area contributed by atoms with Crippen molar-refractivity contribution in [1.29, 1.82) is 0 Å². The number of fused-ring (bicyclic) bond motifs is 1. The lowest BCUT2D eigenvalue weighted by atomic mass is 9.95. The third-order valence-electron chi connectivity index (χ3n) is 3.95. The molecular weight excluding hydrogens is 278 g/mol. The molecule has 0 bridgehead atoms. The molecule has 0 spiro atoms. The van der Waals surface area contributed by atoms with Gasteiger partial charge in [0, 0.05) is 18.4 Å². The van der Waals surface area contributed by atoms with Crippen molar-refractivity contribution < 1.29 is 14.6 Å². The Bertz CT molecular complexity index is 513. The van der Waals surface area contributed by atoms with E-state index in [1.165, 1.54) is 0 Å². The summed E-state index contributed by atoms with van der Waals surface area (Å²) in [6, 6.07) is 5.78. The van der Waals surface area contributed by atoms with Gasteiger partial charge in [-0.3, -0.25) is 4.79 Å². The molecule has 1 heterocycles. The molecule has 2 rings (SSSR count). The smallest absolute Gasteiger partial charge is 0.220 e. The van der Waals surface area contributed by atoms with E-state index in [2.05, 4.69) is 12.2 Å². The fourth-order valence-corrected chi connectivity index (χ4v) is 2.83. The van der Waals surface area contributed by atoms with Crippen LogP contribution in [0.4, 0.5) is 0 Å². The summed E-state index contributed by atoms with van der Waals surface area (Å²) in [7, 11) is 0. The highest BCUT2D eigenvalue weighted by Crippen LogP contribution is 2.34. The van der Waals surface area contributed by atoms with Crippen molar-refractivity contribution in [2.75, 3.05) is 6.61 Å². The number of benzene rings is 1. The summed E-state index contributed by atoms with van der Waals surface area (Å²) in [5.74, 6) is 1.23. The minimum atomic E-state index is -0.454. The van der Waals surface area contributed by atoms with E-state index in [0.29, 0.717) is 18.9 Å². The van der Waals surface area contributed by atoms with Crippen LogP contribution < -0.4 is 10.1 Å². The van der Waals surface area contributed by atoms with Crippen molar-refractivity contribution in [1.82, 2.24) is 5.32 Å². The van der Waals surface area contributed by atoms with Gasteiger partial charge in [0.05, 0.1) is 18.8 Å². The van der Waals surface area contributed by atoms with Crippen LogP contribution in [0.2, 0.25) is 0 Å². The number of aliphatic hydroxyl groups excluding tert-OH is 1. The maximum atomic E-state index is 12.1. The van der Waals surface area contributed by atoms with Gasteiger partial charge in [-0.05, 0) is 30.0 Å². The Labute approximate surface area is 132 Å². The minimum Gasteiger partial charge on any atom is -0.493 e. The molecule has 4 heteroatoms. The summed E-state index contributed by atoms with van der Waals surface area (Å²) in [4.78, 5) is 12.1. The van der Waals surface area contributed by atoms with E-state index in [-0.39, 0.29) is 11.9 Å². The molecule has 2 N–H and O–H groups in total. The van der Waals surface area contributed by atoms with E-state index in [1.807, 2.05) is 32.0 Å². The standard InChI is InChI=1S/C18H27NO3/c1-4-5-16(20)13-6-7-17-14(11-13)15(8-9-22-17)19-18(21)10-12(2)3/h6-7,11-12,15-16,20H,4-5,8-10H2,1-3H3,(H,19,21). The molecule has 22 heavy (non-hydrogen) atoms. The molecule has 0 saturated heterocycles. The number of hydrogen-bond donors (Lipinski definition) is 2. The van der Waals surface area contributed by atoms with Gasteiger partial charge in [0.25, 0.3) is 0 Å². The first kappa shape index (κ1) is 16.8. The summed E-state index contributed by atoms with van der Waals surface area (Å²) >= 11 is 0.